The highest BCUT2D eigenvalue weighted by atomic mass is 32.2. The van der Waals surface area contributed by atoms with Gasteiger partial charge >= 0.3 is 6.18 Å². The molecule has 3 rings (SSSR count). The molecule has 146 valence electrons. The van der Waals surface area contributed by atoms with Crippen molar-refractivity contribution in [2.24, 2.45) is 0 Å². The molecule has 2 aromatic rings. The van der Waals surface area contributed by atoms with Gasteiger partial charge < -0.3 is 10.1 Å². The van der Waals surface area contributed by atoms with Crippen molar-refractivity contribution < 1.29 is 22.7 Å². The number of anilines is 1. The summed E-state index contributed by atoms with van der Waals surface area (Å²) in [6.07, 6.45) is -2.51. The fourth-order valence-electron chi connectivity index (χ4n) is 2.61. The molecule has 1 aromatic heterocycles. The van der Waals surface area contributed by atoms with Gasteiger partial charge in [0.1, 0.15) is 0 Å². The first-order chi connectivity index (χ1) is 12.8. The second kappa shape index (κ2) is 8.26. The summed E-state index contributed by atoms with van der Waals surface area (Å²) in [6.45, 7) is 2.85. The number of halogens is 3. The van der Waals surface area contributed by atoms with Crippen molar-refractivity contribution >= 4 is 23.4 Å². The summed E-state index contributed by atoms with van der Waals surface area (Å²) in [5.41, 5.74) is -0.734. The Morgan fingerprint density at radius 3 is 3.00 bits per heavy atom. The Bertz CT molecular complexity index is 792. The van der Waals surface area contributed by atoms with Crippen molar-refractivity contribution in [3.05, 3.63) is 29.8 Å². The van der Waals surface area contributed by atoms with E-state index in [0.29, 0.717) is 18.3 Å². The first-order valence-corrected chi connectivity index (χ1v) is 9.23. The Kier molecular flexibility index (Phi) is 6.00. The zero-order chi connectivity index (χ0) is 19.4. The van der Waals surface area contributed by atoms with E-state index in [-0.39, 0.29) is 11.8 Å². The van der Waals surface area contributed by atoms with Crippen LogP contribution in [-0.4, -0.2) is 44.1 Å². The van der Waals surface area contributed by atoms with Crippen molar-refractivity contribution in [1.29, 1.82) is 0 Å². The van der Waals surface area contributed by atoms with Crippen LogP contribution in [-0.2, 0) is 22.3 Å². The molecule has 0 radical (unpaired) electrons. The van der Waals surface area contributed by atoms with Crippen molar-refractivity contribution in [2.45, 2.75) is 49.0 Å². The SMILES string of the molecule is C[C@H](Sc1nnnn1C[C@@H]1CCCO1)C(=O)Nc1cccc(C(F)(F)F)c1. The molecule has 11 heteroatoms. The fourth-order valence-corrected chi connectivity index (χ4v) is 3.40. The fraction of sp³-hybridized carbons (Fsp3) is 0.500. The number of alkyl halides is 3. The van der Waals surface area contributed by atoms with E-state index in [9.17, 15) is 18.0 Å². The minimum atomic E-state index is -4.47. The van der Waals surface area contributed by atoms with Gasteiger partial charge in [0.05, 0.1) is 23.5 Å². The number of aromatic nitrogens is 4. The summed E-state index contributed by atoms with van der Waals surface area (Å²) >= 11 is 1.13. The van der Waals surface area contributed by atoms with Crippen LogP contribution in [0, 0.1) is 0 Å². The smallest absolute Gasteiger partial charge is 0.376 e. The second-order valence-electron chi connectivity index (χ2n) is 6.11. The molecule has 1 saturated heterocycles. The summed E-state index contributed by atoms with van der Waals surface area (Å²) in [4.78, 5) is 12.3. The summed E-state index contributed by atoms with van der Waals surface area (Å²) in [7, 11) is 0. The Labute approximate surface area is 157 Å². The number of benzene rings is 1. The topological polar surface area (TPSA) is 81.9 Å². The lowest BCUT2D eigenvalue weighted by Crippen LogP contribution is -2.24. The standard InChI is InChI=1S/C16H18F3N5O2S/c1-10(14(25)20-12-5-2-4-11(8-12)16(17,18)19)27-15-21-22-23-24(15)9-13-6-3-7-26-13/h2,4-5,8,10,13H,3,6-7,9H2,1H3,(H,20,25)/t10-,13-/m0/s1. The van der Waals surface area contributed by atoms with Crippen LogP contribution in [0.25, 0.3) is 0 Å². The number of ether oxygens (including phenoxy) is 1. The van der Waals surface area contributed by atoms with Crippen molar-refractivity contribution in [2.75, 3.05) is 11.9 Å². The molecule has 27 heavy (non-hydrogen) atoms. The molecule has 7 nitrogen and oxygen atoms in total. The zero-order valence-corrected chi connectivity index (χ0v) is 15.3. The monoisotopic (exact) mass is 401 g/mol. The van der Waals surface area contributed by atoms with Gasteiger partial charge in [-0.2, -0.15) is 13.2 Å². The maximum Gasteiger partial charge on any atom is 0.416 e. The molecule has 1 aliphatic heterocycles. The number of carbonyl (C=O) groups is 1. The van der Waals surface area contributed by atoms with E-state index in [0.717, 1.165) is 36.7 Å². The Hall–Kier alpha value is -2.14. The van der Waals surface area contributed by atoms with Gasteiger partial charge in [0.25, 0.3) is 0 Å². The third-order valence-electron chi connectivity index (χ3n) is 4.01. The number of thioether (sulfide) groups is 1. The molecule has 1 aliphatic rings. The average molecular weight is 401 g/mol. The van der Waals surface area contributed by atoms with E-state index in [1.54, 1.807) is 11.6 Å². The predicted molar refractivity (Wildman–Crippen MR) is 92.2 cm³/mol. The van der Waals surface area contributed by atoms with Gasteiger partial charge in [0.15, 0.2) is 0 Å². The van der Waals surface area contributed by atoms with E-state index in [1.807, 2.05) is 0 Å². The van der Waals surface area contributed by atoms with E-state index in [2.05, 4.69) is 20.8 Å². The molecule has 0 aliphatic carbocycles. The Morgan fingerprint density at radius 2 is 2.30 bits per heavy atom. The van der Waals surface area contributed by atoms with Crippen LogP contribution < -0.4 is 5.32 Å². The maximum absolute atomic E-state index is 12.8. The van der Waals surface area contributed by atoms with Gasteiger partial charge in [0, 0.05) is 12.3 Å². The number of tetrazole rings is 1. The average Bonchev–Trinajstić information content (AvgIpc) is 3.27. The summed E-state index contributed by atoms with van der Waals surface area (Å²) in [5, 5.41) is 13.8. The molecule has 1 aromatic carbocycles. The van der Waals surface area contributed by atoms with Gasteiger partial charge in [0.2, 0.25) is 11.1 Å². The lowest BCUT2D eigenvalue weighted by Gasteiger charge is -2.14. The van der Waals surface area contributed by atoms with Gasteiger partial charge in [-0.05, 0) is 48.4 Å². The number of nitrogens with zero attached hydrogens (tertiary/aromatic N) is 4. The molecule has 1 N–H and O–H groups in total. The normalized spacial score (nSPS) is 18.4. The summed E-state index contributed by atoms with van der Waals surface area (Å²) in [6, 6.07) is 4.51. The van der Waals surface area contributed by atoms with Crippen LogP contribution in [0.15, 0.2) is 29.4 Å². The van der Waals surface area contributed by atoms with Crippen LogP contribution in [0.1, 0.15) is 25.3 Å². The van der Waals surface area contributed by atoms with Crippen molar-refractivity contribution in [1.82, 2.24) is 20.2 Å². The maximum atomic E-state index is 12.8. The Morgan fingerprint density at radius 1 is 1.48 bits per heavy atom. The minimum Gasteiger partial charge on any atom is -0.376 e. The molecule has 2 atom stereocenters. The van der Waals surface area contributed by atoms with Crippen LogP contribution in [0.5, 0.6) is 0 Å². The van der Waals surface area contributed by atoms with Crippen LogP contribution >= 0.6 is 11.8 Å². The van der Waals surface area contributed by atoms with Crippen LogP contribution in [0.2, 0.25) is 0 Å². The second-order valence-corrected chi connectivity index (χ2v) is 7.41. The number of nitrogens with one attached hydrogen (secondary N) is 1. The number of amides is 1. The highest BCUT2D eigenvalue weighted by molar-refractivity contribution is 8.00. The van der Waals surface area contributed by atoms with Gasteiger partial charge in [-0.3, -0.25) is 4.79 Å². The highest BCUT2D eigenvalue weighted by Crippen LogP contribution is 2.31. The molecule has 0 saturated carbocycles. The first kappa shape index (κ1) is 19.6. The molecule has 0 spiro atoms. The minimum absolute atomic E-state index is 0.0436. The molecular weight excluding hydrogens is 383 g/mol. The van der Waals surface area contributed by atoms with Crippen molar-refractivity contribution in [3.8, 4) is 0 Å². The predicted octanol–water partition coefficient (Wildman–Crippen LogP) is 2.99. The van der Waals surface area contributed by atoms with Gasteiger partial charge in [-0.25, -0.2) is 4.68 Å². The van der Waals surface area contributed by atoms with E-state index in [1.165, 1.54) is 12.1 Å². The third kappa shape index (κ3) is 5.19. The number of rotatable bonds is 6. The quantitative estimate of drug-likeness (QED) is 0.750. The number of hydrogen-bond acceptors (Lipinski definition) is 6. The third-order valence-corrected chi connectivity index (χ3v) is 5.08. The lowest BCUT2D eigenvalue weighted by molar-refractivity contribution is -0.137. The first-order valence-electron chi connectivity index (χ1n) is 8.35. The van der Waals surface area contributed by atoms with Crippen LogP contribution in [0.3, 0.4) is 0 Å². The molecular formula is C16H18F3N5O2S. The van der Waals surface area contributed by atoms with E-state index in [4.69, 9.17) is 4.74 Å². The lowest BCUT2D eigenvalue weighted by atomic mass is 10.2. The number of hydrogen-bond donors (Lipinski definition) is 1. The number of carbonyl (C=O) groups excluding carboxylic acids is 1. The highest BCUT2D eigenvalue weighted by Gasteiger charge is 2.30. The van der Waals surface area contributed by atoms with Gasteiger partial charge in [-0.1, -0.05) is 17.8 Å². The Balaban J connectivity index is 1.61. The largest absolute Gasteiger partial charge is 0.416 e. The van der Waals surface area contributed by atoms with Gasteiger partial charge in [-0.15, -0.1) is 5.10 Å². The van der Waals surface area contributed by atoms with Crippen LogP contribution in [0.4, 0.5) is 18.9 Å². The molecule has 0 unspecified atom stereocenters. The molecule has 1 fully saturated rings. The van der Waals surface area contributed by atoms with E-state index < -0.39 is 22.9 Å². The molecule has 2 heterocycles. The van der Waals surface area contributed by atoms with Crippen molar-refractivity contribution in [3.63, 3.8) is 0 Å². The zero-order valence-electron chi connectivity index (χ0n) is 14.4. The summed E-state index contributed by atoms with van der Waals surface area (Å²) in [5.74, 6) is -0.439. The van der Waals surface area contributed by atoms with E-state index >= 15 is 0 Å². The molecule has 0 bridgehead atoms. The molecule has 1 amide bonds. The summed E-state index contributed by atoms with van der Waals surface area (Å²) < 4.78 is 45.5.